The van der Waals surface area contributed by atoms with Gasteiger partial charge in [-0.05, 0) is 85.4 Å². The van der Waals surface area contributed by atoms with Crippen molar-refractivity contribution in [2.75, 3.05) is 11.9 Å². The summed E-state index contributed by atoms with van der Waals surface area (Å²) in [5, 5.41) is 11.3. The summed E-state index contributed by atoms with van der Waals surface area (Å²) in [7, 11) is -4.19. The minimum atomic E-state index is -4.19. The molecule has 2 aliphatic carbocycles. The third-order valence-corrected chi connectivity index (χ3v) is 8.96. The van der Waals surface area contributed by atoms with Gasteiger partial charge in [-0.3, -0.25) is 4.68 Å². The maximum atomic E-state index is 13.2. The van der Waals surface area contributed by atoms with Gasteiger partial charge in [0.2, 0.25) is 0 Å². The molecule has 38 heavy (non-hydrogen) atoms. The molecule has 1 aromatic carbocycles. The van der Waals surface area contributed by atoms with Gasteiger partial charge in [0.1, 0.15) is 6.10 Å². The molecule has 0 radical (unpaired) electrons. The highest BCUT2D eigenvalue weighted by molar-refractivity contribution is 7.90. The van der Waals surface area contributed by atoms with E-state index < -0.39 is 16.1 Å². The number of sulfonamides is 1. The van der Waals surface area contributed by atoms with Gasteiger partial charge in [0.25, 0.3) is 10.0 Å². The van der Waals surface area contributed by atoms with Crippen molar-refractivity contribution < 1.29 is 17.9 Å². The number of nitrogens with one attached hydrogen (secondary N) is 2. The highest BCUT2D eigenvalue weighted by Gasteiger charge is 2.38. The number of anilines is 1. The number of benzene rings is 1. The molecule has 0 saturated heterocycles. The number of hydrogen-bond donors (Lipinski definition) is 2. The molecule has 1 saturated carbocycles. The van der Waals surface area contributed by atoms with Crippen LogP contribution in [0.3, 0.4) is 0 Å². The Kier molecular flexibility index (Phi) is 5.34. The molecule has 4 aromatic rings. The van der Waals surface area contributed by atoms with Crippen LogP contribution >= 0.6 is 0 Å². The van der Waals surface area contributed by atoms with E-state index >= 15 is 0 Å². The number of fused-ring (bicyclic) bond motifs is 3. The molecule has 7 rings (SSSR count). The first-order valence-electron chi connectivity index (χ1n) is 13.0. The summed E-state index contributed by atoms with van der Waals surface area (Å²) in [5.74, 6) is 0.404. The summed E-state index contributed by atoms with van der Waals surface area (Å²) in [4.78, 5) is 13.2. The molecule has 0 spiro atoms. The molecule has 196 valence electrons. The summed E-state index contributed by atoms with van der Waals surface area (Å²) in [5.41, 5.74) is 7.39. The molecular formula is C27H28N6O4S. The highest BCUT2D eigenvalue weighted by Crippen LogP contribution is 2.45. The summed E-state index contributed by atoms with van der Waals surface area (Å²) >= 11 is 0. The number of nitrogens with zero attached hydrogens (tertiary/aromatic N) is 4. The zero-order valence-electron chi connectivity index (χ0n) is 21.0. The smallest absolute Gasteiger partial charge is 0.333 e. The summed E-state index contributed by atoms with van der Waals surface area (Å²) in [6.07, 6.45) is 8.33. The van der Waals surface area contributed by atoms with E-state index in [9.17, 15) is 13.2 Å². The van der Waals surface area contributed by atoms with Crippen molar-refractivity contribution in [1.82, 2.24) is 24.1 Å². The first-order chi connectivity index (χ1) is 18.4. The maximum Gasteiger partial charge on any atom is 0.333 e. The second-order valence-corrected chi connectivity index (χ2v) is 12.0. The number of amides is 2. The van der Waals surface area contributed by atoms with Crippen LogP contribution in [0.15, 0.2) is 47.8 Å². The maximum absolute atomic E-state index is 13.2. The van der Waals surface area contributed by atoms with E-state index in [0.717, 1.165) is 65.6 Å². The van der Waals surface area contributed by atoms with Gasteiger partial charge in [0.05, 0.1) is 30.0 Å². The number of hydrogen-bond acceptors (Lipinski definition) is 6. The summed E-state index contributed by atoms with van der Waals surface area (Å²) < 4.78 is 38.0. The summed E-state index contributed by atoms with van der Waals surface area (Å²) in [6, 6.07) is 8.79. The number of carbonyl (C=O) groups excluding carboxylic acids is 1. The van der Waals surface area contributed by atoms with Crippen LogP contribution in [0.2, 0.25) is 0 Å². The third kappa shape index (κ3) is 3.97. The molecule has 1 atom stereocenters. The predicted molar refractivity (Wildman–Crippen MR) is 140 cm³/mol. The van der Waals surface area contributed by atoms with Crippen LogP contribution in [0.25, 0.3) is 16.6 Å². The Labute approximate surface area is 220 Å². The van der Waals surface area contributed by atoms with Crippen LogP contribution in [0.4, 0.5) is 10.5 Å². The lowest BCUT2D eigenvalue weighted by molar-refractivity contribution is 0.00273. The van der Waals surface area contributed by atoms with Crippen LogP contribution in [0.5, 0.6) is 0 Å². The average molecular weight is 533 g/mol. The monoisotopic (exact) mass is 532 g/mol. The first-order valence-corrected chi connectivity index (χ1v) is 14.5. The standard InChI is InChI=1S/C27H28N6O4S/c1-16-13-18-3-2-4-21(18)25(24(16)19-8-10-32-20(14-19)7-9-28-32)29-27(34)31-38(35,36)23-15-22-26(17-5-6-17)37-12-11-33(22)30-23/h7-10,13-15,17,26H,2-6,11-12H2,1H3,(H2,29,31,34). The van der Waals surface area contributed by atoms with E-state index in [2.05, 4.69) is 26.3 Å². The molecule has 3 aliphatic rings. The zero-order valence-corrected chi connectivity index (χ0v) is 21.8. The van der Waals surface area contributed by atoms with Gasteiger partial charge in [-0.1, -0.05) is 6.07 Å². The third-order valence-electron chi connectivity index (χ3n) is 7.76. The number of ether oxygens (including phenoxy) is 1. The Morgan fingerprint density at radius 1 is 1.16 bits per heavy atom. The van der Waals surface area contributed by atoms with E-state index in [0.29, 0.717) is 24.8 Å². The molecule has 4 heterocycles. The van der Waals surface area contributed by atoms with Gasteiger partial charge in [-0.25, -0.2) is 14.0 Å². The molecule has 1 fully saturated rings. The Morgan fingerprint density at radius 2 is 2.03 bits per heavy atom. The second kappa shape index (κ2) is 8.67. The first kappa shape index (κ1) is 23.4. The number of aryl methyl sites for hydroxylation is 2. The highest BCUT2D eigenvalue weighted by atomic mass is 32.2. The lowest BCUT2D eigenvalue weighted by Gasteiger charge is -2.23. The lowest BCUT2D eigenvalue weighted by Crippen LogP contribution is -2.35. The van der Waals surface area contributed by atoms with E-state index in [1.165, 1.54) is 11.6 Å². The van der Waals surface area contributed by atoms with E-state index in [1.54, 1.807) is 15.4 Å². The molecule has 2 amide bonds. The van der Waals surface area contributed by atoms with Gasteiger partial charge in [0, 0.05) is 24.0 Å². The van der Waals surface area contributed by atoms with Crippen LogP contribution < -0.4 is 10.0 Å². The molecule has 3 aromatic heterocycles. The van der Waals surface area contributed by atoms with Crippen LogP contribution in [-0.4, -0.2) is 40.5 Å². The quantitative estimate of drug-likeness (QED) is 0.401. The van der Waals surface area contributed by atoms with Crippen molar-refractivity contribution in [2.45, 2.75) is 56.7 Å². The number of pyridine rings is 1. The second-order valence-electron chi connectivity index (χ2n) is 10.4. The number of carbonyl (C=O) groups is 1. The van der Waals surface area contributed by atoms with Crippen LogP contribution in [0.1, 0.15) is 47.8 Å². The van der Waals surface area contributed by atoms with Gasteiger partial charge in [-0.2, -0.15) is 18.6 Å². The van der Waals surface area contributed by atoms with Gasteiger partial charge < -0.3 is 10.1 Å². The Balaban J connectivity index is 1.21. The van der Waals surface area contributed by atoms with Gasteiger partial charge in [-0.15, -0.1) is 0 Å². The van der Waals surface area contributed by atoms with Crippen molar-refractivity contribution in [3.05, 3.63) is 65.1 Å². The molecule has 11 heteroatoms. The Hall–Kier alpha value is -3.70. The normalized spacial score (nSPS) is 18.8. The lowest BCUT2D eigenvalue weighted by atomic mass is 9.93. The summed E-state index contributed by atoms with van der Waals surface area (Å²) in [6.45, 7) is 3.00. The number of rotatable bonds is 5. The van der Waals surface area contributed by atoms with E-state index in [-0.39, 0.29) is 11.1 Å². The Bertz CT molecular complexity index is 1700. The van der Waals surface area contributed by atoms with Crippen molar-refractivity contribution in [3.8, 4) is 11.1 Å². The Morgan fingerprint density at radius 3 is 2.87 bits per heavy atom. The minimum absolute atomic E-state index is 0.139. The fourth-order valence-electron chi connectivity index (χ4n) is 5.87. The van der Waals surface area contributed by atoms with Crippen LogP contribution in [-0.2, 0) is 34.1 Å². The molecule has 2 N–H and O–H groups in total. The van der Waals surface area contributed by atoms with Crippen molar-refractivity contribution in [3.63, 3.8) is 0 Å². The average Bonchev–Trinajstić information content (AvgIpc) is 3.26. The predicted octanol–water partition coefficient (Wildman–Crippen LogP) is 3.99. The van der Waals surface area contributed by atoms with E-state index in [1.807, 2.05) is 31.3 Å². The SMILES string of the molecule is Cc1cc2c(c(NC(=O)NS(=O)(=O)c3cc4n(n3)CCOC4C3CC3)c1-c1ccn3nccc3c1)CCC2. The number of urea groups is 1. The van der Waals surface area contributed by atoms with E-state index in [4.69, 9.17) is 4.74 Å². The topological polar surface area (TPSA) is 120 Å². The van der Waals surface area contributed by atoms with Gasteiger partial charge in [0.15, 0.2) is 5.03 Å². The molecular weight excluding hydrogens is 504 g/mol. The zero-order chi connectivity index (χ0) is 26.0. The van der Waals surface area contributed by atoms with Crippen molar-refractivity contribution in [1.29, 1.82) is 0 Å². The largest absolute Gasteiger partial charge is 0.370 e. The fourth-order valence-corrected chi connectivity index (χ4v) is 6.75. The van der Waals surface area contributed by atoms with Crippen LogP contribution in [0, 0.1) is 12.8 Å². The fraction of sp³-hybridized carbons (Fsp3) is 0.370. The molecule has 1 aliphatic heterocycles. The minimum Gasteiger partial charge on any atom is -0.370 e. The molecule has 10 nitrogen and oxygen atoms in total. The number of aromatic nitrogens is 4. The molecule has 1 unspecified atom stereocenters. The van der Waals surface area contributed by atoms with Gasteiger partial charge >= 0.3 is 6.03 Å². The molecule has 0 bridgehead atoms. The van der Waals surface area contributed by atoms with Crippen molar-refractivity contribution >= 4 is 27.3 Å². The van der Waals surface area contributed by atoms with Crippen molar-refractivity contribution in [2.24, 2.45) is 5.92 Å².